The Bertz CT molecular complexity index is 866. The fourth-order valence-electron chi connectivity index (χ4n) is 2.59. The van der Waals surface area contributed by atoms with Crippen LogP contribution in [-0.4, -0.2) is 30.4 Å². The monoisotopic (exact) mass is 435 g/mol. The average Bonchev–Trinajstić information content (AvgIpc) is 3.11. The summed E-state index contributed by atoms with van der Waals surface area (Å²) < 4.78 is 89.7. The largest absolute Gasteiger partial charge is 0.459 e. The molecule has 0 amide bonds. The molecule has 4 nitrogen and oxygen atoms in total. The molecule has 0 aliphatic carbocycles. The van der Waals surface area contributed by atoms with Gasteiger partial charge in [-0.3, -0.25) is 0 Å². The summed E-state index contributed by atoms with van der Waals surface area (Å²) in [4.78, 5) is 11.9. The van der Waals surface area contributed by atoms with Gasteiger partial charge in [-0.15, -0.1) is 0 Å². The predicted molar refractivity (Wildman–Crippen MR) is 97.2 cm³/mol. The summed E-state index contributed by atoms with van der Waals surface area (Å²) in [6.45, 7) is 2.05. The van der Waals surface area contributed by atoms with E-state index in [2.05, 4.69) is 0 Å². The Morgan fingerprint density at radius 2 is 1.70 bits per heavy atom. The molecule has 0 aliphatic rings. The molecule has 2 rings (SSSR count). The smallest absolute Gasteiger partial charge is 0.416 e. The molecule has 164 valence electrons. The lowest BCUT2D eigenvalue weighted by Crippen LogP contribution is -2.15. The highest BCUT2D eigenvalue weighted by Gasteiger charge is 2.37. The summed E-state index contributed by atoms with van der Waals surface area (Å²) in [5.74, 6) is -0.710. The summed E-state index contributed by atoms with van der Waals surface area (Å²) in [7, 11) is 1.50. The summed E-state index contributed by atoms with van der Waals surface area (Å²) in [6.07, 6.45) is -6.24. The number of hydrogen-bond donors (Lipinski definition) is 0. The van der Waals surface area contributed by atoms with Crippen molar-refractivity contribution < 1.29 is 40.6 Å². The molecule has 1 heterocycles. The van der Waals surface area contributed by atoms with Crippen LogP contribution in [0.3, 0.4) is 0 Å². The first-order valence-electron chi connectivity index (χ1n) is 8.76. The van der Waals surface area contributed by atoms with E-state index in [4.69, 9.17) is 9.47 Å². The lowest BCUT2D eigenvalue weighted by atomic mass is 10.0. The van der Waals surface area contributed by atoms with Gasteiger partial charge in [0.2, 0.25) is 0 Å². The zero-order valence-corrected chi connectivity index (χ0v) is 16.1. The number of ether oxygens (including phenoxy) is 2. The molecule has 1 unspecified atom stereocenters. The van der Waals surface area contributed by atoms with E-state index >= 15 is 0 Å². The second-order valence-corrected chi connectivity index (χ2v) is 6.44. The number of methoxy groups -OCH3 is 1. The number of aromatic nitrogens is 1. The molecule has 1 aromatic carbocycles. The number of alkyl halides is 6. The van der Waals surface area contributed by atoms with Crippen LogP contribution in [-0.2, 0) is 26.6 Å². The van der Waals surface area contributed by atoms with E-state index in [9.17, 15) is 31.1 Å². The van der Waals surface area contributed by atoms with Gasteiger partial charge in [0, 0.05) is 38.6 Å². The number of esters is 1. The van der Waals surface area contributed by atoms with E-state index in [-0.39, 0.29) is 17.3 Å². The Kier molecular flexibility index (Phi) is 7.35. The fourth-order valence-corrected chi connectivity index (χ4v) is 2.59. The zero-order valence-electron chi connectivity index (χ0n) is 16.1. The number of rotatable bonds is 7. The minimum absolute atomic E-state index is 0.0445. The van der Waals surface area contributed by atoms with Crippen LogP contribution in [0.1, 0.15) is 24.5 Å². The number of hydrogen-bond acceptors (Lipinski definition) is 3. The van der Waals surface area contributed by atoms with Crippen molar-refractivity contribution in [2.75, 3.05) is 13.7 Å². The molecule has 30 heavy (non-hydrogen) atoms. The second-order valence-electron chi connectivity index (χ2n) is 6.44. The summed E-state index contributed by atoms with van der Waals surface area (Å²) in [5.41, 5.74) is -3.09. The van der Waals surface area contributed by atoms with Crippen molar-refractivity contribution in [3.63, 3.8) is 0 Å². The maximum absolute atomic E-state index is 13.1. The molecule has 0 radical (unpaired) electrons. The third-order valence-corrected chi connectivity index (χ3v) is 4.08. The first-order valence-corrected chi connectivity index (χ1v) is 8.76. The number of carbonyl (C=O) groups is 1. The topological polar surface area (TPSA) is 40.5 Å². The van der Waals surface area contributed by atoms with Gasteiger partial charge in [-0.2, -0.15) is 26.3 Å². The molecule has 0 N–H and O–H groups in total. The van der Waals surface area contributed by atoms with E-state index in [1.54, 1.807) is 6.92 Å². The van der Waals surface area contributed by atoms with Gasteiger partial charge in [0.1, 0.15) is 6.10 Å². The maximum atomic E-state index is 13.1. The first-order chi connectivity index (χ1) is 13.9. The van der Waals surface area contributed by atoms with Gasteiger partial charge in [-0.1, -0.05) is 0 Å². The van der Waals surface area contributed by atoms with E-state index in [1.807, 2.05) is 0 Å². The van der Waals surface area contributed by atoms with Gasteiger partial charge in [0.05, 0.1) is 16.8 Å². The SMILES string of the molecule is COCCC(C)OC(=O)/C=C\n1cccc1-c1cc(C(F)(F)F)cc(C(F)(F)F)c1. The van der Waals surface area contributed by atoms with Gasteiger partial charge in [-0.25, -0.2) is 4.79 Å². The Balaban J connectivity index is 2.33. The van der Waals surface area contributed by atoms with Gasteiger partial charge in [-0.05, 0) is 42.8 Å². The molecule has 0 bridgehead atoms. The van der Waals surface area contributed by atoms with Crippen LogP contribution < -0.4 is 0 Å². The van der Waals surface area contributed by atoms with Crippen molar-refractivity contribution in [3.05, 3.63) is 53.7 Å². The molecular formula is C20H19F6NO3. The number of benzene rings is 1. The van der Waals surface area contributed by atoms with Gasteiger partial charge in [0.15, 0.2) is 0 Å². The molecule has 0 saturated heterocycles. The zero-order chi connectivity index (χ0) is 22.5. The van der Waals surface area contributed by atoms with Crippen molar-refractivity contribution in [1.82, 2.24) is 4.57 Å². The van der Waals surface area contributed by atoms with E-state index in [1.165, 1.54) is 36.2 Å². The highest BCUT2D eigenvalue weighted by Crippen LogP contribution is 2.38. The van der Waals surface area contributed by atoms with Crippen LogP contribution in [0.25, 0.3) is 17.5 Å². The second kappa shape index (κ2) is 9.38. The number of nitrogens with zero attached hydrogens (tertiary/aromatic N) is 1. The number of halogens is 6. The van der Waals surface area contributed by atoms with Crippen LogP contribution in [0.5, 0.6) is 0 Å². The first kappa shape index (κ1) is 23.5. The molecule has 0 fully saturated rings. The molecule has 0 spiro atoms. The summed E-state index contributed by atoms with van der Waals surface area (Å²) in [5, 5.41) is 0. The van der Waals surface area contributed by atoms with Crippen LogP contribution in [0.15, 0.2) is 42.6 Å². The third kappa shape index (κ3) is 6.38. The third-order valence-electron chi connectivity index (χ3n) is 4.08. The standard InChI is InChI=1S/C20H19F6NO3/c1-13(6-9-29-2)30-18(28)5-8-27-7-3-4-17(27)14-10-15(19(21,22)23)12-16(11-14)20(24,25)26/h3-5,7-8,10-13H,6,9H2,1-2H3/b8-5-. The van der Waals surface area contributed by atoms with Crippen molar-refractivity contribution in [2.45, 2.75) is 31.8 Å². The van der Waals surface area contributed by atoms with Crippen LogP contribution >= 0.6 is 0 Å². The van der Waals surface area contributed by atoms with E-state index < -0.39 is 35.6 Å². The Hall–Kier alpha value is -2.75. The predicted octanol–water partition coefficient (Wildman–Crippen LogP) is 5.63. The molecule has 0 aliphatic heterocycles. The Morgan fingerprint density at radius 3 is 2.23 bits per heavy atom. The molecule has 1 aromatic heterocycles. The van der Waals surface area contributed by atoms with Gasteiger partial charge in [0.25, 0.3) is 0 Å². The van der Waals surface area contributed by atoms with Crippen molar-refractivity contribution in [2.24, 2.45) is 0 Å². The lowest BCUT2D eigenvalue weighted by molar-refractivity contribution is -0.144. The van der Waals surface area contributed by atoms with E-state index in [0.29, 0.717) is 25.2 Å². The lowest BCUT2D eigenvalue weighted by Gasteiger charge is -2.15. The summed E-state index contributed by atoms with van der Waals surface area (Å²) >= 11 is 0. The highest BCUT2D eigenvalue weighted by molar-refractivity contribution is 5.85. The minimum Gasteiger partial charge on any atom is -0.459 e. The van der Waals surface area contributed by atoms with E-state index in [0.717, 1.165) is 6.08 Å². The van der Waals surface area contributed by atoms with Crippen LogP contribution in [0, 0.1) is 0 Å². The van der Waals surface area contributed by atoms with Crippen molar-refractivity contribution in [1.29, 1.82) is 0 Å². The molecule has 0 saturated carbocycles. The maximum Gasteiger partial charge on any atom is 0.416 e. The fraction of sp³-hybridized carbons (Fsp3) is 0.350. The normalized spacial score (nSPS) is 13.6. The van der Waals surface area contributed by atoms with Crippen molar-refractivity contribution >= 4 is 12.2 Å². The van der Waals surface area contributed by atoms with Gasteiger partial charge >= 0.3 is 18.3 Å². The molecule has 1 atom stereocenters. The number of carbonyl (C=O) groups excluding carboxylic acids is 1. The highest BCUT2D eigenvalue weighted by atomic mass is 19.4. The van der Waals surface area contributed by atoms with Gasteiger partial charge < -0.3 is 14.0 Å². The molecule has 10 heteroatoms. The minimum atomic E-state index is -4.95. The van der Waals surface area contributed by atoms with Crippen molar-refractivity contribution in [3.8, 4) is 11.3 Å². The quantitative estimate of drug-likeness (QED) is 0.322. The molecule has 2 aromatic rings. The average molecular weight is 435 g/mol. The Morgan fingerprint density at radius 1 is 1.10 bits per heavy atom. The summed E-state index contributed by atoms with van der Waals surface area (Å²) in [6, 6.07) is 4.08. The van der Waals surface area contributed by atoms with Crippen LogP contribution in [0.4, 0.5) is 26.3 Å². The van der Waals surface area contributed by atoms with Crippen LogP contribution in [0.2, 0.25) is 0 Å². The Labute approximate surface area is 168 Å². The molecular weight excluding hydrogens is 416 g/mol.